The van der Waals surface area contributed by atoms with E-state index in [2.05, 4.69) is 16.3 Å². The number of carbonyl (C=O) groups excluding carboxylic acids is 1. The van der Waals surface area contributed by atoms with Gasteiger partial charge in [0.2, 0.25) is 0 Å². The molecule has 0 unspecified atom stereocenters. The number of rotatable bonds is 4. The van der Waals surface area contributed by atoms with Gasteiger partial charge in [0.15, 0.2) is 5.69 Å². The van der Waals surface area contributed by atoms with Gasteiger partial charge in [0.25, 0.3) is 5.91 Å². The highest BCUT2D eigenvalue weighted by Crippen LogP contribution is 2.30. The Morgan fingerprint density at radius 1 is 1.60 bits per heavy atom. The SMILES string of the molecule is CCN(CCC#N)C(=O)c1n[nH]c2c1C[C@H](C)O[C@@H]2C. The van der Waals surface area contributed by atoms with Crippen LogP contribution in [0.4, 0.5) is 0 Å². The molecule has 20 heavy (non-hydrogen) atoms. The second-order valence-corrected chi connectivity index (χ2v) is 5.05. The fourth-order valence-corrected chi connectivity index (χ4v) is 2.59. The minimum Gasteiger partial charge on any atom is -0.369 e. The number of nitriles is 1. The molecule has 108 valence electrons. The largest absolute Gasteiger partial charge is 0.369 e. The zero-order valence-electron chi connectivity index (χ0n) is 12.1. The Labute approximate surface area is 118 Å². The van der Waals surface area contributed by atoms with E-state index in [4.69, 9.17) is 10.00 Å². The van der Waals surface area contributed by atoms with Crippen molar-refractivity contribution in [2.24, 2.45) is 0 Å². The zero-order valence-corrected chi connectivity index (χ0v) is 12.1. The lowest BCUT2D eigenvalue weighted by molar-refractivity contribution is -0.00701. The van der Waals surface area contributed by atoms with Gasteiger partial charge in [0, 0.05) is 25.1 Å². The molecule has 1 N–H and O–H groups in total. The fraction of sp³-hybridized carbons (Fsp3) is 0.643. The van der Waals surface area contributed by atoms with Gasteiger partial charge in [-0.15, -0.1) is 0 Å². The third-order valence-corrected chi connectivity index (χ3v) is 3.60. The van der Waals surface area contributed by atoms with Gasteiger partial charge in [0.05, 0.1) is 30.4 Å². The first kappa shape index (κ1) is 14.5. The summed E-state index contributed by atoms with van der Waals surface area (Å²) in [5.41, 5.74) is 2.32. The highest BCUT2D eigenvalue weighted by molar-refractivity contribution is 5.94. The van der Waals surface area contributed by atoms with Crippen molar-refractivity contribution in [1.82, 2.24) is 15.1 Å². The summed E-state index contributed by atoms with van der Waals surface area (Å²) < 4.78 is 5.72. The molecule has 0 bridgehead atoms. The van der Waals surface area contributed by atoms with Crippen molar-refractivity contribution in [1.29, 1.82) is 5.26 Å². The summed E-state index contributed by atoms with van der Waals surface area (Å²) in [5.74, 6) is -0.110. The van der Waals surface area contributed by atoms with E-state index in [1.54, 1.807) is 4.90 Å². The summed E-state index contributed by atoms with van der Waals surface area (Å²) in [6.45, 7) is 6.86. The molecule has 2 heterocycles. The second-order valence-electron chi connectivity index (χ2n) is 5.05. The van der Waals surface area contributed by atoms with Gasteiger partial charge < -0.3 is 9.64 Å². The van der Waals surface area contributed by atoms with Crippen LogP contribution in [0, 0.1) is 11.3 Å². The van der Waals surface area contributed by atoms with Gasteiger partial charge in [-0.25, -0.2) is 0 Å². The van der Waals surface area contributed by atoms with Crippen molar-refractivity contribution in [2.45, 2.75) is 45.8 Å². The second kappa shape index (κ2) is 6.06. The molecule has 1 aliphatic heterocycles. The Bertz CT molecular complexity index is 532. The predicted molar refractivity (Wildman–Crippen MR) is 73.1 cm³/mol. The number of hydrogen-bond acceptors (Lipinski definition) is 4. The number of fused-ring (bicyclic) bond motifs is 1. The van der Waals surface area contributed by atoms with Gasteiger partial charge in [-0.3, -0.25) is 9.89 Å². The van der Waals surface area contributed by atoms with E-state index >= 15 is 0 Å². The van der Waals surface area contributed by atoms with E-state index < -0.39 is 0 Å². The highest BCUT2D eigenvalue weighted by Gasteiger charge is 2.30. The van der Waals surface area contributed by atoms with Crippen molar-refractivity contribution >= 4 is 5.91 Å². The molecule has 0 spiro atoms. The molecule has 0 fully saturated rings. The first-order valence-corrected chi connectivity index (χ1v) is 6.97. The van der Waals surface area contributed by atoms with Crippen LogP contribution in [-0.2, 0) is 11.2 Å². The van der Waals surface area contributed by atoms with Crippen LogP contribution in [-0.4, -0.2) is 40.2 Å². The maximum absolute atomic E-state index is 12.5. The van der Waals surface area contributed by atoms with Gasteiger partial charge >= 0.3 is 0 Å². The number of H-pyrrole nitrogens is 1. The molecule has 2 rings (SSSR count). The Kier molecular flexibility index (Phi) is 4.40. The Morgan fingerprint density at radius 2 is 2.35 bits per heavy atom. The van der Waals surface area contributed by atoms with Crippen LogP contribution in [0.2, 0.25) is 0 Å². The lowest BCUT2D eigenvalue weighted by Crippen LogP contribution is -2.33. The quantitative estimate of drug-likeness (QED) is 0.909. The monoisotopic (exact) mass is 276 g/mol. The molecule has 0 saturated heterocycles. The number of nitrogens with zero attached hydrogens (tertiary/aromatic N) is 3. The minimum absolute atomic E-state index is 0.0722. The summed E-state index contributed by atoms with van der Waals surface area (Å²) in [5, 5.41) is 15.8. The number of aromatic nitrogens is 2. The number of nitrogens with one attached hydrogen (secondary N) is 1. The molecule has 1 amide bonds. The molecule has 0 aliphatic carbocycles. The van der Waals surface area contributed by atoms with E-state index in [0.717, 1.165) is 11.3 Å². The standard InChI is InChI=1S/C14H20N4O2/c1-4-18(7-5-6-15)14(19)13-11-8-9(2)20-10(3)12(11)16-17-13/h9-10H,4-5,7-8H2,1-3H3,(H,16,17)/t9-,10+/m0/s1. The molecule has 6 nitrogen and oxygen atoms in total. The maximum atomic E-state index is 12.5. The molecular formula is C14H20N4O2. The first-order valence-electron chi connectivity index (χ1n) is 6.97. The van der Waals surface area contributed by atoms with Crippen molar-refractivity contribution in [2.75, 3.05) is 13.1 Å². The molecule has 2 atom stereocenters. The van der Waals surface area contributed by atoms with Crippen molar-refractivity contribution < 1.29 is 9.53 Å². The molecule has 0 radical (unpaired) electrons. The van der Waals surface area contributed by atoms with Crippen molar-refractivity contribution in [3.63, 3.8) is 0 Å². The molecule has 0 saturated carbocycles. The predicted octanol–water partition coefficient (Wildman–Crippen LogP) is 1.81. The molecular weight excluding hydrogens is 256 g/mol. The molecule has 6 heteroatoms. The van der Waals surface area contributed by atoms with E-state index in [0.29, 0.717) is 31.6 Å². The van der Waals surface area contributed by atoms with Crippen molar-refractivity contribution in [3.05, 3.63) is 17.0 Å². The lowest BCUT2D eigenvalue weighted by atomic mass is 9.99. The number of aromatic amines is 1. The van der Waals surface area contributed by atoms with Gasteiger partial charge in [-0.2, -0.15) is 10.4 Å². The number of amides is 1. The number of hydrogen-bond donors (Lipinski definition) is 1. The lowest BCUT2D eigenvalue weighted by Gasteiger charge is -2.26. The average Bonchev–Trinajstić information content (AvgIpc) is 2.83. The van der Waals surface area contributed by atoms with Crippen LogP contribution in [0.25, 0.3) is 0 Å². The summed E-state index contributed by atoms with van der Waals surface area (Å²) in [7, 11) is 0. The van der Waals surface area contributed by atoms with Gasteiger partial charge in [-0.05, 0) is 20.8 Å². The molecule has 1 aromatic heterocycles. The zero-order chi connectivity index (χ0) is 14.7. The number of ether oxygens (including phenoxy) is 1. The van der Waals surface area contributed by atoms with Crippen LogP contribution in [0.5, 0.6) is 0 Å². The van der Waals surface area contributed by atoms with E-state index in [9.17, 15) is 4.79 Å². The minimum atomic E-state index is -0.110. The van der Waals surface area contributed by atoms with E-state index in [-0.39, 0.29) is 18.1 Å². The van der Waals surface area contributed by atoms with Crippen LogP contribution in [0.3, 0.4) is 0 Å². The maximum Gasteiger partial charge on any atom is 0.274 e. The Hall–Kier alpha value is -1.87. The van der Waals surface area contributed by atoms with E-state index in [1.807, 2.05) is 20.8 Å². The topological polar surface area (TPSA) is 82.0 Å². The summed E-state index contributed by atoms with van der Waals surface area (Å²) in [4.78, 5) is 14.2. The normalized spacial score (nSPS) is 21.1. The summed E-state index contributed by atoms with van der Waals surface area (Å²) in [6.07, 6.45) is 1.03. The van der Waals surface area contributed by atoms with Crippen LogP contribution >= 0.6 is 0 Å². The van der Waals surface area contributed by atoms with Gasteiger partial charge in [-0.1, -0.05) is 0 Å². The smallest absolute Gasteiger partial charge is 0.274 e. The summed E-state index contributed by atoms with van der Waals surface area (Å²) >= 11 is 0. The third kappa shape index (κ3) is 2.68. The van der Waals surface area contributed by atoms with E-state index in [1.165, 1.54) is 0 Å². The molecule has 1 aliphatic rings. The Morgan fingerprint density at radius 3 is 3.00 bits per heavy atom. The highest BCUT2D eigenvalue weighted by atomic mass is 16.5. The Balaban J connectivity index is 2.25. The third-order valence-electron chi connectivity index (χ3n) is 3.60. The number of carbonyl (C=O) groups is 1. The summed E-state index contributed by atoms with van der Waals surface area (Å²) in [6, 6.07) is 2.07. The first-order chi connectivity index (χ1) is 9.58. The van der Waals surface area contributed by atoms with Crippen LogP contribution in [0.15, 0.2) is 0 Å². The average molecular weight is 276 g/mol. The van der Waals surface area contributed by atoms with Crippen LogP contribution in [0.1, 0.15) is 55.0 Å². The van der Waals surface area contributed by atoms with Crippen molar-refractivity contribution in [3.8, 4) is 6.07 Å². The van der Waals surface area contributed by atoms with Crippen LogP contribution < -0.4 is 0 Å². The van der Waals surface area contributed by atoms with Gasteiger partial charge in [0.1, 0.15) is 0 Å². The molecule has 1 aromatic rings. The fourth-order valence-electron chi connectivity index (χ4n) is 2.59. The molecule has 0 aromatic carbocycles.